The lowest BCUT2D eigenvalue weighted by atomic mass is 10.1. The number of sulfonamides is 1. The normalized spacial score (nSPS) is 11.1. The SMILES string of the molecule is CCCS(=O)(=O)Nc1ccc(NCCc2ccccc2)cc1. The molecule has 4 nitrogen and oxygen atoms in total. The van der Waals surface area contributed by atoms with Crippen LogP contribution < -0.4 is 10.0 Å². The second kappa shape index (κ2) is 7.84. The number of nitrogens with one attached hydrogen (secondary N) is 2. The molecule has 22 heavy (non-hydrogen) atoms. The van der Waals surface area contributed by atoms with Crippen molar-refractivity contribution in [3.63, 3.8) is 0 Å². The van der Waals surface area contributed by atoms with Crippen LogP contribution in [0.2, 0.25) is 0 Å². The fraction of sp³-hybridized carbons (Fsp3) is 0.294. The van der Waals surface area contributed by atoms with Crippen LogP contribution in [0.3, 0.4) is 0 Å². The van der Waals surface area contributed by atoms with Crippen LogP contribution >= 0.6 is 0 Å². The van der Waals surface area contributed by atoms with E-state index in [1.54, 1.807) is 12.1 Å². The van der Waals surface area contributed by atoms with Crippen LogP contribution in [0.25, 0.3) is 0 Å². The van der Waals surface area contributed by atoms with Crippen molar-refractivity contribution < 1.29 is 8.42 Å². The summed E-state index contributed by atoms with van der Waals surface area (Å²) in [5.74, 6) is 0.143. The van der Waals surface area contributed by atoms with Crippen LogP contribution in [0, 0.1) is 0 Å². The second-order valence-electron chi connectivity index (χ2n) is 5.16. The molecule has 118 valence electrons. The largest absolute Gasteiger partial charge is 0.385 e. The van der Waals surface area contributed by atoms with Gasteiger partial charge in [-0.2, -0.15) is 0 Å². The van der Waals surface area contributed by atoms with E-state index in [4.69, 9.17) is 0 Å². The van der Waals surface area contributed by atoms with Gasteiger partial charge in [-0.1, -0.05) is 37.3 Å². The van der Waals surface area contributed by atoms with E-state index in [-0.39, 0.29) is 5.75 Å². The Morgan fingerprint density at radius 1 is 0.909 bits per heavy atom. The van der Waals surface area contributed by atoms with Crippen LogP contribution in [0.1, 0.15) is 18.9 Å². The van der Waals surface area contributed by atoms with E-state index in [2.05, 4.69) is 22.2 Å². The summed E-state index contributed by atoms with van der Waals surface area (Å²) < 4.78 is 25.9. The third kappa shape index (κ3) is 5.41. The van der Waals surface area contributed by atoms with Gasteiger partial charge in [0.1, 0.15) is 0 Å². The highest BCUT2D eigenvalue weighted by Crippen LogP contribution is 2.15. The van der Waals surface area contributed by atoms with E-state index in [0.717, 1.165) is 18.7 Å². The Labute approximate surface area is 132 Å². The molecular weight excluding hydrogens is 296 g/mol. The number of hydrogen-bond donors (Lipinski definition) is 2. The van der Waals surface area contributed by atoms with Gasteiger partial charge in [-0.15, -0.1) is 0 Å². The number of hydrogen-bond acceptors (Lipinski definition) is 3. The molecule has 2 aromatic rings. The predicted octanol–water partition coefficient (Wildman–Crippen LogP) is 3.49. The number of anilines is 2. The fourth-order valence-corrected chi connectivity index (χ4v) is 3.29. The Hall–Kier alpha value is -2.01. The van der Waals surface area contributed by atoms with E-state index >= 15 is 0 Å². The third-order valence-corrected chi connectivity index (χ3v) is 4.71. The van der Waals surface area contributed by atoms with Crippen LogP contribution in [-0.2, 0) is 16.4 Å². The van der Waals surface area contributed by atoms with Crippen molar-refractivity contribution in [2.24, 2.45) is 0 Å². The van der Waals surface area contributed by atoms with Crippen LogP contribution in [0.5, 0.6) is 0 Å². The maximum absolute atomic E-state index is 11.7. The molecular formula is C17H22N2O2S. The zero-order valence-corrected chi connectivity index (χ0v) is 13.6. The van der Waals surface area contributed by atoms with Gasteiger partial charge in [0.2, 0.25) is 10.0 Å². The summed E-state index contributed by atoms with van der Waals surface area (Å²) in [5.41, 5.74) is 2.87. The Morgan fingerprint density at radius 2 is 1.55 bits per heavy atom. The predicted molar refractivity (Wildman–Crippen MR) is 92.8 cm³/mol. The molecule has 0 amide bonds. The summed E-state index contributed by atoms with van der Waals surface area (Å²) in [6, 6.07) is 17.6. The minimum absolute atomic E-state index is 0.143. The molecule has 0 fully saturated rings. The summed E-state index contributed by atoms with van der Waals surface area (Å²) in [6.07, 6.45) is 1.56. The summed E-state index contributed by atoms with van der Waals surface area (Å²) in [4.78, 5) is 0. The molecule has 0 spiro atoms. The highest BCUT2D eigenvalue weighted by Gasteiger charge is 2.08. The summed E-state index contributed by atoms with van der Waals surface area (Å²) in [6.45, 7) is 2.68. The van der Waals surface area contributed by atoms with Crippen LogP contribution in [-0.4, -0.2) is 20.7 Å². The van der Waals surface area contributed by atoms with Gasteiger partial charge in [0.25, 0.3) is 0 Å². The molecule has 0 bridgehead atoms. The van der Waals surface area contributed by atoms with Crippen molar-refractivity contribution in [2.45, 2.75) is 19.8 Å². The highest BCUT2D eigenvalue weighted by atomic mass is 32.2. The molecule has 0 aromatic heterocycles. The van der Waals surface area contributed by atoms with Crippen molar-refractivity contribution in [3.8, 4) is 0 Å². The Kier molecular flexibility index (Phi) is 5.83. The molecule has 0 heterocycles. The first kappa shape index (κ1) is 16.4. The molecule has 0 radical (unpaired) electrons. The molecule has 2 rings (SSSR count). The standard InChI is InChI=1S/C17H22N2O2S/c1-2-14-22(20,21)19-17-10-8-16(9-11-17)18-13-12-15-6-4-3-5-7-15/h3-11,18-19H,2,12-14H2,1H3. The monoisotopic (exact) mass is 318 g/mol. The Bertz CT molecular complexity index is 668. The van der Waals surface area contributed by atoms with Crippen molar-refractivity contribution in [1.29, 1.82) is 0 Å². The van der Waals surface area contributed by atoms with Gasteiger partial charge in [0, 0.05) is 17.9 Å². The third-order valence-electron chi connectivity index (χ3n) is 3.22. The molecule has 0 aliphatic carbocycles. The minimum atomic E-state index is -3.22. The summed E-state index contributed by atoms with van der Waals surface area (Å²) in [5, 5.41) is 3.33. The molecule has 0 atom stereocenters. The smallest absolute Gasteiger partial charge is 0.232 e. The van der Waals surface area contributed by atoms with Crippen molar-refractivity contribution in [1.82, 2.24) is 0 Å². The molecule has 0 saturated heterocycles. The maximum Gasteiger partial charge on any atom is 0.232 e. The molecule has 0 aliphatic rings. The Morgan fingerprint density at radius 3 is 2.18 bits per heavy atom. The van der Waals surface area contributed by atoms with E-state index in [1.807, 2.05) is 37.3 Å². The van der Waals surface area contributed by atoms with Crippen molar-refractivity contribution >= 4 is 21.4 Å². The van der Waals surface area contributed by atoms with E-state index < -0.39 is 10.0 Å². The molecule has 2 N–H and O–H groups in total. The summed E-state index contributed by atoms with van der Waals surface area (Å²) in [7, 11) is -3.22. The first-order valence-corrected chi connectivity index (χ1v) is 9.12. The van der Waals surface area contributed by atoms with Gasteiger partial charge in [-0.05, 0) is 42.7 Å². The first-order valence-electron chi connectivity index (χ1n) is 7.47. The van der Waals surface area contributed by atoms with Gasteiger partial charge < -0.3 is 5.32 Å². The van der Waals surface area contributed by atoms with E-state index in [9.17, 15) is 8.42 Å². The van der Waals surface area contributed by atoms with Gasteiger partial charge in [-0.3, -0.25) is 4.72 Å². The zero-order chi connectivity index (χ0) is 15.8. The lowest BCUT2D eigenvalue weighted by Crippen LogP contribution is -2.16. The minimum Gasteiger partial charge on any atom is -0.385 e. The zero-order valence-electron chi connectivity index (χ0n) is 12.7. The van der Waals surface area contributed by atoms with Gasteiger partial charge in [0.05, 0.1) is 5.75 Å². The van der Waals surface area contributed by atoms with Crippen molar-refractivity contribution in [3.05, 3.63) is 60.2 Å². The molecule has 0 unspecified atom stereocenters. The average Bonchev–Trinajstić information content (AvgIpc) is 2.50. The molecule has 0 saturated carbocycles. The van der Waals surface area contributed by atoms with Gasteiger partial charge in [-0.25, -0.2) is 8.42 Å². The molecule has 5 heteroatoms. The van der Waals surface area contributed by atoms with E-state index in [0.29, 0.717) is 12.1 Å². The first-order chi connectivity index (χ1) is 10.6. The topological polar surface area (TPSA) is 58.2 Å². The lowest BCUT2D eigenvalue weighted by Gasteiger charge is -2.09. The van der Waals surface area contributed by atoms with Crippen molar-refractivity contribution in [2.75, 3.05) is 22.3 Å². The maximum atomic E-state index is 11.7. The van der Waals surface area contributed by atoms with Gasteiger partial charge in [0.15, 0.2) is 0 Å². The summed E-state index contributed by atoms with van der Waals surface area (Å²) >= 11 is 0. The lowest BCUT2D eigenvalue weighted by molar-refractivity contribution is 0.600. The molecule has 2 aromatic carbocycles. The van der Waals surface area contributed by atoms with E-state index in [1.165, 1.54) is 5.56 Å². The van der Waals surface area contributed by atoms with Crippen LogP contribution in [0.4, 0.5) is 11.4 Å². The molecule has 0 aliphatic heterocycles. The van der Waals surface area contributed by atoms with Crippen LogP contribution in [0.15, 0.2) is 54.6 Å². The second-order valence-corrected chi connectivity index (χ2v) is 7.00. The quantitative estimate of drug-likeness (QED) is 0.783. The average molecular weight is 318 g/mol. The Balaban J connectivity index is 1.84. The number of rotatable bonds is 8. The fourth-order valence-electron chi connectivity index (χ4n) is 2.15. The van der Waals surface area contributed by atoms with Gasteiger partial charge >= 0.3 is 0 Å². The highest BCUT2D eigenvalue weighted by molar-refractivity contribution is 7.92. The number of benzene rings is 2.